The van der Waals surface area contributed by atoms with Crippen LogP contribution in [0.1, 0.15) is 12.5 Å². The van der Waals surface area contributed by atoms with Gasteiger partial charge in [0.05, 0.1) is 7.11 Å². The number of carbonyl (C=O) groups is 2. The average Bonchev–Trinajstić information content (AvgIpc) is 2.61. The van der Waals surface area contributed by atoms with E-state index < -0.39 is 18.0 Å². The van der Waals surface area contributed by atoms with Gasteiger partial charge in [0.2, 0.25) is 0 Å². The first-order chi connectivity index (χ1) is 12.0. The lowest BCUT2D eigenvalue weighted by atomic mass is 10.2. The van der Waals surface area contributed by atoms with E-state index in [2.05, 4.69) is 21.2 Å². The summed E-state index contributed by atoms with van der Waals surface area (Å²) in [5.41, 5.74) is 1.45. The van der Waals surface area contributed by atoms with Crippen molar-refractivity contribution in [3.8, 4) is 5.75 Å². The number of esters is 1. The Morgan fingerprint density at radius 1 is 1.08 bits per heavy atom. The smallest absolute Gasteiger partial charge is 0.331 e. The van der Waals surface area contributed by atoms with Crippen LogP contribution in [0.3, 0.4) is 0 Å². The second-order valence-electron chi connectivity index (χ2n) is 5.18. The Hall–Kier alpha value is -2.60. The molecule has 5 nitrogen and oxygen atoms in total. The molecule has 25 heavy (non-hydrogen) atoms. The topological polar surface area (TPSA) is 64.6 Å². The number of benzene rings is 2. The summed E-state index contributed by atoms with van der Waals surface area (Å²) >= 11 is 3.34. The third-order valence-electron chi connectivity index (χ3n) is 3.30. The Balaban J connectivity index is 1.86. The Labute approximate surface area is 154 Å². The van der Waals surface area contributed by atoms with Gasteiger partial charge in [-0.05, 0) is 55.0 Å². The molecule has 130 valence electrons. The third-order valence-corrected chi connectivity index (χ3v) is 3.83. The first-order valence-electron chi connectivity index (χ1n) is 7.57. The van der Waals surface area contributed by atoms with Crippen molar-refractivity contribution in [2.75, 3.05) is 12.4 Å². The third kappa shape index (κ3) is 6.08. The molecule has 0 unspecified atom stereocenters. The predicted octanol–water partition coefficient (Wildman–Crippen LogP) is 4.04. The average molecular weight is 404 g/mol. The SMILES string of the molecule is COc1ccc(NC(=O)[C@H](C)OC(=O)/C=C/c2ccc(Br)cc2)cc1. The van der Waals surface area contributed by atoms with Crippen molar-refractivity contribution in [1.82, 2.24) is 0 Å². The fraction of sp³-hybridized carbons (Fsp3) is 0.158. The quantitative estimate of drug-likeness (QED) is 0.583. The molecule has 0 aliphatic heterocycles. The molecule has 0 spiro atoms. The van der Waals surface area contributed by atoms with Crippen molar-refractivity contribution in [3.63, 3.8) is 0 Å². The van der Waals surface area contributed by atoms with E-state index in [0.717, 1.165) is 10.0 Å². The number of rotatable bonds is 6. The predicted molar refractivity (Wildman–Crippen MR) is 100 cm³/mol. The summed E-state index contributed by atoms with van der Waals surface area (Å²) in [5.74, 6) is -0.300. The van der Waals surface area contributed by atoms with E-state index in [0.29, 0.717) is 11.4 Å². The zero-order valence-electron chi connectivity index (χ0n) is 13.9. The maximum atomic E-state index is 12.1. The van der Waals surface area contributed by atoms with Crippen molar-refractivity contribution < 1.29 is 19.1 Å². The molecular formula is C19H18BrNO4. The van der Waals surface area contributed by atoms with E-state index in [-0.39, 0.29) is 0 Å². The Morgan fingerprint density at radius 3 is 2.32 bits per heavy atom. The molecule has 1 amide bonds. The van der Waals surface area contributed by atoms with Crippen LogP contribution in [0.2, 0.25) is 0 Å². The van der Waals surface area contributed by atoms with Gasteiger partial charge in [-0.15, -0.1) is 0 Å². The van der Waals surface area contributed by atoms with Crippen molar-refractivity contribution in [2.45, 2.75) is 13.0 Å². The van der Waals surface area contributed by atoms with Gasteiger partial charge in [-0.1, -0.05) is 28.1 Å². The minimum atomic E-state index is -0.913. The molecule has 1 atom stereocenters. The van der Waals surface area contributed by atoms with Gasteiger partial charge < -0.3 is 14.8 Å². The monoisotopic (exact) mass is 403 g/mol. The second-order valence-corrected chi connectivity index (χ2v) is 6.10. The largest absolute Gasteiger partial charge is 0.497 e. The fourth-order valence-electron chi connectivity index (χ4n) is 1.92. The van der Waals surface area contributed by atoms with Crippen LogP contribution in [0.4, 0.5) is 5.69 Å². The minimum Gasteiger partial charge on any atom is -0.497 e. The molecule has 1 N–H and O–H groups in total. The molecular weight excluding hydrogens is 386 g/mol. The van der Waals surface area contributed by atoms with Crippen LogP contribution in [0.15, 0.2) is 59.1 Å². The van der Waals surface area contributed by atoms with Gasteiger partial charge in [-0.25, -0.2) is 4.79 Å². The van der Waals surface area contributed by atoms with E-state index >= 15 is 0 Å². The number of halogens is 1. The summed E-state index contributed by atoms with van der Waals surface area (Å²) in [4.78, 5) is 23.9. The molecule has 2 rings (SSSR count). The summed E-state index contributed by atoms with van der Waals surface area (Å²) in [6.07, 6.45) is 2.01. The van der Waals surface area contributed by atoms with E-state index in [9.17, 15) is 9.59 Å². The van der Waals surface area contributed by atoms with Crippen molar-refractivity contribution in [3.05, 3.63) is 64.6 Å². The van der Waals surface area contributed by atoms with Crippen molar-refractivity contribution >= 4 is 39.6 Å². The van der Waals surface area contributed by atoms with Crippen molar-refractivity contribution in [2.24, 2.45) is 0 Å². The number of hydrogen-bond acceptors (Lipinski definition) is 4. The van der Waals surface area contributed by atoms with Crippen LogP contribution in [0.5, 0.6) is 5.75 Å². The summed E-state index contributed by atoms with van der Waals surface area (Å²) in [6.45, 7) is 1.52. The molecule has 0 fully saturated rings. The van der Waals surface area contributed by atoms with Crippen LogP contribution in [-0.4, -0.2) is 25.1 Å². The number of nitrogens with one attached hydrogen (secondary N) is 1. The van der Waals surface area contributed by atoms with Crippen LogP contribution < -0.4 is 10.1 Å². The van der Waals surface area contributed by atoms with Crippen LogP contribution in [-0.2, 0) is 14.3 Å². The molecule has 2 aromatic rings. The zero-order chi connectivity index (χ0) is 18.2. The van der Waals surface area contributed by atoms with Crippen molar-refractivity contribution in [1.29, 1.82) is 0 Å². The van der Waals surface area contributed by atoms with Gasteiger partial charge >= 0.3 is 5.97 Å². The number of hydrogen-bond donors (Lipinski definition) is 1. The highest BCUT2D eigenvalue weighted by atomic mass is 79.9. The molecule has 0 bridgehead atoms. The zero-order valence-corrected chi connectivity index (χ0v) is 15.4. The van der Waals surface area contributed by atoms with Gasteiger partial charge in [0, 0.05) is 16.2 Å². The first-order valence-corrected chi connectivity index (χ1v) is 8.36. The number of ether oxygens (including phenoxy) is 2. The highest BCUT2D eigenvalue weighted by Crippen LogP contribution is 2.15. The molecule has 0 aliphatic rings. The van der Waals surface area contributed by atoms with Crippen LogP contribution >= 0.6 is 15.9 Å². The van der Waals surface area contributed by atoms with E-state index in [4.69, 9.17) is 9.47 Å². The molecule has 0 aromatic heterocycles. The number of carbonyl (C=O) groups excluding carboxylic acids is 2. The minimum absolute atomic E-state index is 0.407. The highest BCUT2D eigenvalue weighted by Gasteiger charge is 2.16. The first kappa shape index (κ1) is 18.7. The normalized spacial score (nSPS) is 11.8. The molecule has 2 aromatic carbocycles. The molecule has 0 radical (unpaired) electrons. The molecule has 0 aliphatic carbocycles. The Kier molecular flexibility index (Phi) is 6.77. The lowest BCUT2D eigenvalue weighted by molar-refractivity contribution is -0.148. The Bertz CT molecular complexity index is 754. The van der Waals surface area contributed by atoms with Crippen LogP contribution in [0, 0.1) is 0 Å². The van der Waals surface area contributed by atoms with Gasteiger partial charge in [0.1, 0.15) is 5.75 Å². The van der Waals surface area contributed by atoms with E-state index in [1.54, 1.807) is 37.5 Å². The van der Waals surface area contributed by atoms with Gasteiger partial charge in [-0.3, -0.25) is 4.79 Å². The standard InChI is InChI=1S/C19H18BrNO4/c1-13(19(23)21-16-8-10-17(24-2)11-9-16)25-18(22)12-5-14-3-6-15(20)7-4-14/h3-13H,1-2H3,(H,21,23)/b12-5+/t13-/m0/s1. The van der Waals surface area contributed by atoms with Gasteiger partial charge in [0.25, 0.3) is 5.91 Å². The fourth-order valence-corrected chi connectivity index (χ4v) is 2.19. The lowest BCUT2D eigenvalue weighted by Crippen LogP contribution is -2.29. The van der Waals surface area contributed by atoms with Gasteiger partial charge in [0.15, 0.2) is 6.10 Å². The number of amides is 1. The second kappa shape index (κ2) is 9.03. The van der Waals surface area contributed by atoms with E-state index in [1.165, 1.54) is 13.0 Å². The maximum Gasteiger partial charge on any atom is 0.331 e. The summed E-state index contributed by atoms with van der Waals surface area (Å²) < 4.78 is 11.1. The number of methoxy groups -OCH3 is 1. The molecule has 0 saturated carbocycles. The molecule has 0 saturated heterocycles. The Morgan fingerprint density at radius 2 is 1.72 bits per heavy atom. The molecule has 0 heterocycles. The lowest BCUT2D eigenvalue weighted by Gasteiger charge is -2.12. The number of anilines is 1. The van der Waals surface area contributed by atoms with E-state index in [1.807, 2.05) is 24.3 Å². The summed E-state index contributed by atoms with van der Waals surface area (Å²) in [7, 11) is 1.57. The maximum absolute atomic E-state index is 12.1. The summed E-state index contributed by atoms with van der Waals surface area (Å²) in [6, 6.07) is 14.3. The van der Waals surface area contributed by atoms with Crippen LogP contribution in [0.25, 0.3) is 6.08 Å². The highest BCUT2D eigenvalue weighted by molar-refractivity contribution is 9.10. The van der Waals surface area contributed by atoms with Gasteiger partial charge in [-0.2, -0.15) is 0 Å². The molecule has 6 heteroatoms. The summed E-state index contributed by atoms with van der Waals surface area (Å²) in [5, 5.41) is 2.68.